The average molecular weight is 183 g/mol. The van der Waals surface area contributed by atoms with Gasteiger partial charge in [-0.05, 0) is 13.0 Å². The van der Waals surface area contributed by atoms with Gasteiger partial charge in [0.1, 0.15) is 17.2 Å². The second-order valence-electron chi connectivity index (χ2n) is 2.40. The zero-order valence-electron chi connectivity index (χ0n) is 6.65. The molecular weight excluding hydrogens is 174 g/mol. The van der Waals surface area contributed by atoms with Crippen molar-refractivity contribution in [1.82, 2.24) is 4.73 Å². The van der Waals surface area contributed by atoms with Crippen LogP contribution in [0.15, 0.2) is 17.6 Å². The van der Waals surface area contributed by atoms with E-state index in [2.05, 4.69) is 0 Å². The molecule has 0 aliphatic heterocycles. The molecule has 2 heterocycles. The zero-order valence-corrected chi connectivity index (χ0v) is 7.47. The number of fused-ring (bicyclic) bond motifs is 1. The minimum atomic E-state index is 0.327. The van der Waals surface area contributed by atoms with Crippen LogP contribution >= 0.6 is 11.3 Å². The first-order valence-corrected chi connectivity index (χ1v) is 4.61. The topological polar surface area (TPSA) is 34.4 Å². The van der Waals surface area contributed by atoms with Crippen LogP contribution in [0.2, 0.25) is 0 Å². The van der Waals surface area contributed by atoms with Crippen LogP contribution in [0.3, 0.4) is 0 Å². The number of hydrogen-bond donors (Lipinski definition) is 1. The molecule has 0 amide bonds. The Morgan fingerprint density at radius 1 is 1.67 bits per heavy atom. The molecule has 0 saturated carbocycles. The summed E-state index contributed by atoms with van der Waals surface area (Å²) in [5.41, 5.74) is 0. The van der Waals surface area contributed by atoms with Gasteiger partial charge in [0.25, 0.3) is 0 Å². The maximum absolute atomic E-state index is 9.33. The van der Waals surface area contributed by atoms with Crippen molar-refractivity contribution in [3.8, 4) is 5.75 Å². The predicted octanol–water partition coefficient (Wildman–Crippen LogP) is 1.86. The van der Waals surface area contributed by atoms with Crippen molar-refractivity contribution < 1.29 is 9.94 Å². The van der Waals surface area contributed by atoms with Crippen LogP contribution < -0.4 is 4.84 Å². The molecule has 0 saturated heterocycles. The molecule has 0 spiro atoms. The third kappa shape index (κ3) is 0.956. The fraction of sp³-hybridized carbons (Fsp3) is 0.250. The molecule has 0 bridgehead atoms. The molecule has 2 aromatic rings. The maximum atomic E-state index is 9.33. The van der Waals surface area contributed by atoms with E-state index in [1.165, 1.54) is 11.3 Å². The summed E-state index contributed by atoms with van der Waals surface area (Å²) >= 11 is 1.48. The van der Waals surface area contributed by atoms with E-state index in [0.29, 0.717) is 12.4 Å². The number of thiophene rings is 1. The molecule has 0 fully saturated rings. The van der Waals surface area contributed by atoms with E-state index in [1.807, 2.05) is 19.2 Å². The van der Waals surface area contributed by atoms with E-state index in [-0.39, 0.29) is 0 Å². The van der Waals surface area contributed by atoms with Gasteiger partial charge in [0.05, 0.1) is 5.39 Å². The predicted molar refractivity (Wildman–Crippen MR) is 48.6 cm³/mol. The van der Waals surface area contributed by atoms with E-state index < -0.39 is 0 Å². The summed E-state index contributed by atoms with van der Waals surface area (Å²) in [4.78, 5) is 6.24. The number of rotatable bonds is 2. The summed E-state index contributed by atoms with van der Waals surface area (Å²) in [5.74, 6) is 0.327. The summed E-state index contributed by atoms with van der Waals surface area (Å²) in [5, 5.41) is 11.9. The lowest BCUT2D eigenvalue weighted by Gasteiger charge is -2.01. The van der Waals surface area contributed by atoms with Crippen molar-refractivity contribution >= 4 is 21.6 Å². The third-order valence-electron chi connectivity index (χ3n) is 1.63. The van der Waals surface area contributed by atoms with Crippen LogP contribution in [0.1, 0.15) is 6.92 Å². The van der Waals surface area contributed by atoms with Gasteiger partial charge in [0.15, 0.2) is 0 Å². The molecular formula is C8H9NO2S. The van der Waals surface area contributed by atoms with Gasteiger partial charge in [-0.2, -0.15) is 4.73 Å². The molecule has 2 aromatic heterocycles. The smallest absolute Gasteiger partial charge is 0.143 e. The van der Waals surface area contributed by atoms with Gasteiger partial charge >= 0.3 is 0 Å². The van der Waals surface area contributed by atoms with Gasteiger partial charge in [-0.1, -0.05) is 0 Å². The highest BCUT2D eigenvalue weighted by atomic mass is 32.1. The van der Waals surface area contributed by atoms with Crippen molar-refractivity contribution in [2.75, 3.05) is 6.61 Å². The highest BCUT2D eigenvalue weighted by molar-refractivity contribution is 7.17. The first-order chi connectivity index (χ1) is 5.83. The lowest BCUT2D eigenvalue weighted by molar-refractivity contribution is 0.133. The Kier molecular flexibility index (Phi) is 1.69. The summed E-state index contributed by atoms with van der Waals surface area (Å²) < 4.78 is 1.68. The Morgan fingerprint density at radius 3 is 3.25 bits per heavy atom. The summed E-state index contributed by atoms with van der Waals surface area (Å²) in [6.45, 7) is 2.56. The quantitative estimate of drug-likeness (QED) is 0.771. The molecule has 0 unspecified atom stereocenters. The van der Waals surface area contributed by atoms with Gasteiger partial charge in [-0.3, -0.25) is 0 Å². The van der Waals surface area contributed by atoms with Gasteiger partial charge in [0, 0.05) is 11.6 Å². The zero-order chi connectivity index (χ0) is 8.55. The fourth-order valence-corrected chi connectivity index (χ4v) is 1.99. The van der Waals surface area contributed by atoms with Crippen LogP contribution in [0.4, 0.5) is 0 Å². The van der Waals surface area contributed by atoms with E-state index in [1.54, 1.807) is 10.1 Å². The molecule has 4 heteroatoms. The fourth-order valence-electron chi connectivity index (χ4n) is 1.13. The molecule has 0 aromatic carbocycles. The van der Waals surface area contributed by atoms with Crippen molar-refractivity contribution in [3.05, 3.63) is 17.6 Å². The second-order valence-corrected chi connectivity index (χ2v) is 3.26. The monoisotopic (exact) mass is 183 g/mol. The molecule has 64 valence electrons. The second kappa shape index (κ2) is 2.71. The number of aromatic nitrogens is 1. The molecule has 0 aliphatic carbocycles. The lowest BCUT2D eigenvalue weighted by Crippen LogP contribution is -2.07. The summed E-state index contributed by atoms with van der Waals surface area (Å²) in [6, 6.07) is 1.84. The Labute approximate surface area is 73.8 Å². The molecule has 3 nitrogen and oxygen atoms in total. The van der Waals surface area contributed by atoms with Gasteiger partial charge < -0.3 is 9.94 Å². The number of aromatic hydroxyl groups is 1. The van der Waals surface area contributed by atoms with Crippen LogP contribution in [-0.4, -0.2) is 16.4 Å². The largest absolute Gasteiger partial charge is 0.506 e. The molecule has 2 rings (SSSR count). The maximum Gasteiger partial charge on any atom is 0.143 e. The Balaban J connectivity index is 2.55. The first-order valence-electron chi connectivity index (χ1n) is 3.73. The van der Waals surface area contributed by atoms with E-state index >= 15 is 0 Å². The minimum Gasteiger partial charge on any atom is -0.506 e. The van der Waals surface area contributed by atoms with E-state index in [0.717, 1.165) is 10.2 Å². The van der Waals surface area contributed by atoms with Gasteiger partial charge in [-0.15, -0.1) is 11.3 Å². The normalized spacial score (nSPS) is 10.8. The summed E-state index contributed by atoms with van der Waals surface area (Å²) in [6.07, 6.45) is 1.81. The Bertz CT molecular complexity index is 391. The van der Waals surface area contributed by atoms with Crippen molar-refractivity contribution in [2.45, 2.75) is 6.92 Å². The van der Waals surface area contributed by atoms with E-state index in [4.69, 9.17) is 4.84 Å². The molecule has 0 aliphatic rings. The third-order valence-corrected chi connectivity index (χ3v) is 2.60. The highest BCUT2D eigenvalue weighted by Gasteiger charge is 2.06. The molecule has 0 atom stereocenters. The van der Waals surface area contributed by atoms with Gasteiger partial charge in [0.2, 0.25) is 0 Å². The SMILES string of the molecule is CCOn1ccc2c(O)csc21. The molecule has 12 heavy (non-hydrogen) atoms. The lowest BCUT2D eigenvalue weighted by atomic mass is 10.4. The van der Waals surface area contributed by atoms with Crippen LogP contribution in [-0.2, 0) is 0 Å². The Morgan fingerprint density at radius 2 is 2.50 bits per heavy atom. The molecule has 1 N–H and O–H groups in total. The summed E-state index contributed by atoms with van der Waals surface area (Å²) in [7, 11) is 0. The number of nitrogens with zero attached hydrogens (tertiary/aromatic N) is 1. The van der Waals surface area contributed by atoms with E-state index in [9.17, 15) is 5.11 Å². The Hall–Kier alpha value is -1.16. The average Bonchev–Trinajstić information content (AvgIpc) is 2.58. The standard InChI is InChI=1S/C8H9NO2S/c1-2-11-9-4-3-6-7(10)5-12-8(6)9/h3-5,10H,2H2,1H3. The highest BCUT2D eigenvalue weighted by Crippen LogP contribution is 2.31. The van der Waals surface area contributed by atoms with Crippen molar-refractivity contribution in [2.24, 2.45) is 0 Å². The number of hydrogen-bond acceptors (Lipinski definition) is 3. The minimum absolute atomic E-state index is 0.327. The van der Waals surface area contributed by atoms with Crippen LogP contribution in [0, 0.1) is 0 Å². The van der Waals surface area contributed by atoms with Crippen LogP contribution in [0.5, 0.6) is 5.75 Å². The van der Waals surface area contributed by atoms with Gasteiger partial charge in [-0.25, -0.2) is 0 Å². The molecule has 0 radical (unpaired) electrons. The van der Waals surface area contributed by atoms with Crippen molar-refractivity contribution in [1.29, 1.82) is 0 Å². The first kappa shape index (κ1) is 7.49. The van der Waals surface area contributed by atoms with Crippen LogP contribution in [0.25, 0.3) is 10.2 Å². The van der Waals surface area contributed by atoms with Crippen molar-refractivity contribution in [3.63, 3.8) is 0 Å².